The molecule has 2 aliphatic heterocycles. The number of aliphatic hydroxyl groups is 2. The molecule has 2 saturated heterocycles. The Balaban J connectivity index is 1.07. The molecule has 4 N–H and O–H groups in total. The summed E-state index contributed by atoms with van der Waals surface area (Å²) >= 11 is 7.35. The molecule has 0 spiro atoms. The van der Waals surface area contributed by atoms with Gasteiger partial charge in [0.2, 0.25) is 0 Å². The Kier molecular flexibility index (Phi) is 11.1. The average molecular weight is 749 g/mol. The molecule has 0 aromatic carbocycles. The second-order valence-corrected chi connectivity index (χ2v) is 13.7. The quantitative estimate of drug-likeness (QED) is 0.0619. The zero-order valence-electron chi connectivity index (χ0n) is 24.4. The van der Waals surface area contributed by atoms with Crippen LogP contribution in [-0.2, 0) is 27.7 Å². The lowest BCUT2D eigenvalue weighted by Crippen LogP contribution is -2.31. The van der Waals surface area contributed by atoms with Gasteiger partial charge < -0.3 is 30.3 Å². The summed E-state index contributed by atoms with van der Waals surface area (Å²) in [5.74, 6) is 0.741. The van der Waals surface area contributed by atoms with E-state index in [2.05, 4.69) is 65.0 Å². The molecule has 10 atom stereocenters. The Labute approximate surface area is 281 Å². The molecule has 4 aromatic rings. The highest BCUT2D eigenvalue weighted by Gasteiger charge is 2.52. The van der Waals surface area contributed by atoms with Gasteiger partial charge in [-0.3, -0.25) is 9.13 Å². The summed E-state index contributed by atoms with van der Waals surface area (Å²) in [4.78, 5) is 25.5. The number of nitrogens with one attached hydrogen (secondary N) is 2. The molecule has 2 aliphatic rings. The first-order valence-electron chi connectivity index (χ1n) is 14.2. The first-order valence-corrected chi connectivity index (χ1v) is 18.8. The van der Waals surface area contributed by atoms with Crippen LogP contribution in [0.15, 0.2) is 37.5 Å². The average Bonchev–Trinajstić information content (AvgIpc) is 3.83. The van der Waals surface area contributed by atoms with Gasteiger partial charge in [0.1, 0.15) is 49.4 Å². The van der Waals surface area contributed by atoms with Crippen LogP contribution >= 0.6 is 39.0 Å². The van der Waals surface area contributed by atoms with E-state index in [0.29, 0.717) is 35.8 Å². The van der Waals surface area contributed by atoms with Gasteiger partial charge in [0.25, 0.3) is 0 Å². The van der Waals surface area contributed by atoms with Crippen molar-refractivity contribution in [3.05, 3.63) is 37.5 Å². The topological polar surface area (TPSA) is 223 Å². The van der Waals surface area contributed by atoms with E-state index in [4.69, 9.17) is 18.5 Å². The van der Waals surface area contributed by atoms with Crippen molar-refractivity contribution < 1.29 is 46.6 Å². The highest BCUT2D eigenvalue weighted by Crippen LogP contribution is 2.42. The van der Waals surface area contributed by atoms with Crippen molar-refractivity contribution in [2.75, 3.05) is 36.9 Å². The summed E-state index contributed by atoms with van der Waals surface area (Å²) in [5, 5.41) is 25.4. The number of hydrogen-bond acceptors (Lipinski definition) is 16. The van der Waals surface area contributed by atoms with Gasteiger partial charge in [-0.25, -0.2) is 38.7 Å². The van der Waals surface area contributed by atoms with Gasteiger partial charge in [-0.15, -0.1) is 9.05 Å². The van der Waals surface area contributed by atoms with Gasteiger partial charge in [-0.2, -0.15) is 0 Å². The number of halogens is 2. The van der Waals surface area contributed by atoms with Gasteiger partial charge in [-0.1, -0.05) is 12.2 Å². The van der Waals surface area contributed by atoms with E-state index in [0.717, 1.165) is 0 Å². The standard InChI is InChI=1S/C24H26F2N10O8P2S2/c25-13-17(43-45(39)47)11(5-37)41-23(13)35-9-33-15-19(29-7-31-21(15)35)27-3-1-2-4-28-20-16-22(32-8-30-20)36(10-34-16)24-14(26)18(44-46(40)48)12(6-38)42-24/h1-2,7-14,17-18,23-24,37-38H,3-6H2,(H2-2,27,28,29,30,31,32,39,40,47,48)/p+2/b2-1+/t11-,12-,13-,14-,17-,18-,23-,24-/m1/s1. The highest BCUT2D eigenvalue weighted by molar-refractivity contribution is 8.39. The van der Waals surface area contributed by atoms with Crippen molar-refractivity contribution >= 4 is 72.9 Å². The van der Waals surface area contributed by atoms with Crippen LogP contribution in [0.3, 0.4) is 0 Å². The predicted octanol–water partition coefficient (Wildman–Crippen LogP) is 2.45. The number of hydrogen-bond donors (Lipinski definition) is 6. The maximum atomic E-state index is 15.2. The Morgan fingerprint density at radius 2 is 1.19 bits per heavy atom. The zero-order valence-corrected chi connectivity index (χ0v) is 28.0. The van der Waals surface area contributed by atoms with Crippen LogP contribution in [0.1, 0.15) is 12.5 Å². The number of nitrogens with zero attached hydrogens (tertiary/aromatic N) is 8. The number of alkyl halides is 2. The molecule has 24 heteroatoms. The van der Waals surface area contributed by atoms with Crippen molar-refractivity contribution in [1.29, 1.82) is 0 Å². The summed E-state index contributed by atoms with van der Waals surface area (Å²) in [7, 11) is -4.87. The Bertz CT molecular complexity index is 1700. The second-order valence-electron chi connectivity index (χ2n) is 10.3. The molecule has 256 valence electrons. The van der Waals surface area contributed by atoms with Crippen molar-refractivity contribution in [3.63, 3.8) is 0 Å². The van der Waals surface area contributed by atoms with Crippen molar-refractivity contribution in [1.82, 2.24) is 39.0 Å². The second kappa shape index (κ2) is 15.2. The maximum Gasteiger partial charge on any atom is 0.582 e. The van der Waals surface area contributed by atoms with E-state index in [9.17, 15) is 19.3 Å². The Hall–Kier alpha value is -3.04. The van der Waals surface area contributed by atoms with E-state index in [-0.39, 0.29) is 11.3 Å². The Morgan fingerprint density at radius 1 is 0.771 bits per heavy atom. The molecule has 48 heavy (non-hydrogen) atoms. The molecule has 4 aromatic heterocycles. The molecule has 0 aliphatic carbocycles. The van der Waals surface area contributed by atoms with Gasteiger partial charge >= 0.3 is 14.5 Å². The third-order valence-corrected chi connectivity index (χ3v) is 8.94. The number of imidazole rings is 2. The van der Waals surface area contributed by atoms with Crippen LogP contribution in [0.5, 0.6) is 0 Å². The maximum absolute atomic E-state index is 15.2. The molecule has 18 nitrogen and oxygen atoms in total. The van der Waals surface area contributed by atoms with E-state index in [1.165, 1.54) is 34.4 Å². The lowest BCUT2D eigenvalue weighted by atomic mass is 10.1. The fraction of sp³-hybridized carbons (Fsp3) is 0.500. The number of rotatable bonds is 14. The van der Waals surface area contributed by atoms with E-state index in [1.807, 2.05) is 0 Å². The molecule has 6 heterocycles. The monoisotopic (exact) mass is 748 g/mol. The summed E-state index contributed by atoms with van der Waals surface area (Å²) in [6.07, 6.45) is -1.96. The molecule has 0 amide bonds. The largest absolute Gasteiger partial charge is 0.582 e. The van der Waals surface area contributed by atoms with Crippen LogP contribution < -0.4 is 10.6 Å². The zero-order chi connectivity index (χ0) is 33.9. The lowest BCUT2D eigenvalue weighted by Gasteiger charge is -2.15. The van der Waals surface area contributed by atoms with Crippen LogP contribution in [0, 0.1) is 0 Å². The highest BCUT2D eigenvalue weighted by atomic mass is 32.7. The number of fused-ring (bicyclic) bond motifs is 2. The predicted molar refractivity (Wildman–Crippen MR) is 171 cm³/mol. The molecule has 0 bridgehead atoms. The molecular formula is C24H28F2N10O8P2S2+2. The van der Waals surface area contributed by atoms with Crippen molar-refractivity contribution in [2.24, 2.45) is 0 Å². The molecule has 0 saturated carbocycles. The normalized spacial score (nSPS) is 28.1. The number of anilines is 2. The van der Waals surface area contributed by atoms with Crippen LogP contribution in [-0.4, -0.2) is 112 Å². The first kappa shape index (κ1) is 34.8. The number of aliphatic hydroxyl groups excluding tert-OH is 2. The van der Waals surface area contributed by atoms with Crippen LogP contribution in [0.4, 0.5) is 20.4 Å². The van der Waals surface area contributed by atoms with Gasteiger partial charge in [0, 0.05) is 13.1 Å². The molecule has 6 rings (SSSR count). The van der Waals surface area contributed by atoms with Gasteiger partial charge in [0.15, 0.2) is 71.0 Å². The molecule has 2 fully saturated rings. The molecular weight excluding hydrogens is 720 g/mol. The fourth-order valence-electron chi connectivity index (χ4n) is 5.40. The van der Waals surface area contributed by atoms with E-state index >= 15 is 8.78 Å². The number of ether oxygens (including phenoxy) is 2. The smallest absolute Gasteiger partial charge is 0.394 e. The fourth-order valence-corrected chi connectivity index (χ4v) is 6.98. The molecule has 2 unspecified atom stereocenters. The summed E-state index contributed by atoms with van der Waals surface area (Å²) in [6, 6.07) is 0. The van der Waals surface area contributed by atoms with Gasteiger partial charge in [0.05, 0.1) is 25.9 Å². The Morgan fingerprint density at radius 3 is 1.56 bits per heavy atom. The van der Waals surface area contributed by atoms with Crippen LogP contribution in [0.25, 0.3) is 22.3 Å². The van der Waals surface area contributed by atoms with Gasteiger partial charge in [-0.05, 0) is 9.13 Å². The summed E-state index contributed by atoms with van der Waals surface area (Å²) in [5.41, 5.74) is 1.21. The number of thiol groups is 2. The van der Waals surface area contributed by atoms with Crippen molar-refractivity contribution in [2.45, 2.75) is 49.2 Å². The minimum Gasteiger partial charge on any atom is -0.394 e. The van der Waals surface area contributed by atoms with E-state index < -0.39 is 76.9 Å². The molecule has 0 radical (unpaired) electrons. The SMILES string of the molecule is O=[P+](S)O[C@H]1[C@@H](F)[C@H](n2cnc3c(NC/C=C/CNc4ncnc5c4ncn5[C@@H]4O[C@H](CO)[C@@H](O[P+](=O)S)[C@H]4F)ncnc32)O[C@@H]1CO. The first-order chi connectivity index (χ1) is 23.2. The third-order valence-electron chi connectivity index (χ3n) is 7.52. The summed E-state index contributed by atoms with van der Waals surface area (Å²) < 4.78 is 77.4. The minimum absolute atomic E-state index is 0.264. The van der Waals surface area contributed by atoms with Crippen LogP contribution in [0.2, 0.25) is 0 Å². The lowest BCUT2D eigenvalue weighted by molar-refractivity contribution is -0.0427. The van der Waals surface area contributed by atoms with E-state index in [1.54, 1.807) is 12.2 Å². The minimum atomic E-state index is -2.43. The number of aromatic nitrogens is 8. The summed E-state index contributed by atoms with van der Waals surface area (Å²) in [6.45, 7) is -0.472. The van der Waals surface area contributed by atoms with Crippen molar-refractivity contribution in [3.8, 4) is 0 Å². The third kappa shape index (κ3) is 7.00.